The van der Waals surface area contributed by atoms with Gasteiger partial charge in [-0.2, -0.15) is 4.99 Å². The average molecular weight is 252 g/mol. The Morgan fingerprint density at radius 3 is 2.38 bits per heavy atom. The third-order valence-corrected chi connectivity index (χ3v) is 1.50. The standard InChI is InChI=1S/C8H17N5O2.ClH/c1-13(2)8(10)12-7(9)11-5-4-6(14)15-3;/h4-5H2,1-3H3,(H4,9,10,11,12);1H. The quantitative estimate of drug-likeness (QED) is 0.387. The summed E-state index contributed by atoms with van der Waals surface area (Å²) in [5.74, 6) is -0.0319. The van der Waals surface area contributed by atoms with Gasteiger partial charge < -0.3 is 21.1 Å². The first-order valence-electron chi connectivity index (χ1n) is 4.35. The predicted octanol–water partition coefficient (Wildman–Crippen LogP) is -0.838. The summed E-state index contributed by atoms with van der Waals surface area (Å²) >= 11 is 0. The van der Waals surface area contributed by atoms with Gasteiger partial charge in [0.15, 0.2) is 5.96 Å². The molecule has 0 spiro atoms. The van der Waals surface area contributed by atoms with Crippen LogP contribution in [0.3, 0.4) is 0 Å². The van der Waals surface area contributed by atoms with Crippen LogP contribution >= 0.6 is 12.4 Å². The van der Waals surface area contributed by atoms with Crippen molar-refractivity contribution in [2.45, 2.75) is 6.42 Å². The molecule has 0 saturated carbocycles. The number of aliphatic imine (C=N–C) groups is 2. The topological polar surface area (TPSA) is 106 Å². The number of hydrogen-bond acceptors (Lipinski definition) is 3. The molecule has 0 aliphatic rings. The van der Waals surface area contributed by atoms with Gasteiger partial charge in [-0.05, 0) is 0 Å². The van der Waals surface area contributed by atoms with Gasteiger partial charge in [-0.3, -0.25) is 9.79 Å². The fourth-order valence-electron chi connectivity index (χ4n) is 0.617. The molecule has 0 aromatic heterocycles. The predicted molar refractivity (Wildman–Crippen MR) is 65.7 cm³/mol. The number of methoxy groups -OCH3 is 1. The van der Waals surface area contributed by atoms with Crippen LogP contribution in [-0.4, -0.2) is 50.5 Å². The molecule has 7 nitrogen and oxygen atoms in total. The molecule has 0 heterocycles. The van der Waals surface area contributed by atoms with Crippen LogP contribution in [0.15, 0.2) is 9.98 Å². The zero-order valence-electron chi connectivity index (χ0n) is 9.64. The Balaban J connectivity index is 0. The van der Waals surface area contributed by atoms with Crippen molar-refractivity contribution >= 4 is 30.3 Å². The highest BCUT2D eigenvalue weighted by Gasteiger charge is 1.99. The molecule has 0 radical (unpaired) electrons. The molecule has 0 aliphatic carbocycles. The van der Waals surface area contributed by atoms with Gasteiger partial charge in [0.1, 0.15) is 0 Å². The van der Waals surface area contributed by atoms with Crippen molar-refractivity contribution in [1.82, 2.24) is 4.90 Å². The van der Waals surface area contributed by atoms with E-state index in [9.17, 15) is 4.79 Å². The lowest BCUT2D eigenvalue weighted by Crippen LogP contribution is -2.32. The van der Waals surface area contributed by atoms with E-state index in [1.165, 1.54) is 7.11 Å². The van der Waals surface area contributed by atoms with Crippen molar-refractivity contribution in [1.29, 1.82) is 0 Å². The van der Waals surface area contributed by atoms with E-state index < -0.39 is 0 Å². The third-order valence-electron chi connectivity index (χ3n) is 1.50. The van der Waals surface area contributed by atoms with Gasteiger partial charge in [-0.25, -0.2) is 0 Å². The molecule has 8 heteroatoms. The van der Waals surface area contributed by atoms with E-state index in [2.05, 4.69) is 14.7 Å². The number of hydrogen-bond donors (Lipinski definition) is 2. The molecule has 0 aromatic rings. The molecule has 0 bridgehead atoms. The number of carbonyl (C=O) groups is 1. The lowest BCUT2D eigenvalue weighted by atomic mass is 10.4. The Bertz CT molecular complexity index is 278. The Kier molecular flexibility index (Phi) is 9.28. The number of nitrogens with two attached hydrogens (primary N) is 2. The Morgan fingerprint density at radius 2 is 1.94 bits per heavy atom. The fourth-order valence-corrected chi connectivity index (χ4v) is 0.617. The largest absolute Gasteiger partial charge is 0.469 e. The number of rotatable bonds is 3. The van der Waals surface area contributed by atoms with E-state index in [4.69, 9.17) is 11.5 Å². The maximum Gasteiger partial charge on any atom is 0.307 e. The van der Waals surface area contributed by atoms with E-state index in [-0.39, 0.29) is 43.3 Å². The third kappa shape index (κ3) is 7.86. The number of esters is 1. The summed E-state index contributed by atoms with van der Waals surface area (Å²) in [5, 5.41) is 0. The van der Waals surface area contributed by atoms with Crippen LogP contribution in [0.2, 0.25) is 0 Å². The van der Waals surface area contributed by atoms with E-state index in [0.717, 1.165) is 0 Å². The zero-order valence-corrected chi connectivity index (χ0v) is 10.5. The minimum Gasteiger partial charge on any atom is -0.469 e. The number of carbonyl (C=O) groups excluding carboxylic acids is 1. The maximum absolute atomic E-state index is 10.7. The first kappa shape index (κ1) is 16.9. The number of guanidine groups is 2. The average Bonchev–Trinajstić information content (AvgIpc) is 2.17. The summed E-state index contributed by atoms with van der Waals surface area (Å²) in [5.41, 5.74) is 10.9. The summed E-state index contributed by atoms with van der Waals surface area (Å²) in [6, 6.07) is 0. The molecule has 0 aliphatic heterocycles. The molecule has 0 unspecified atom stereocenters. The van der Waals surface area contributed by atoms with Gasteiger partial charge in [-0.1, -0.05) is 0 Å². The molecule has 0 saturated heterocycles. The van der Waals surface area contributed by atoms with Crippen LogP contribution in [0.25, 0.3) is 0 Å². The van der Waals surface area contributed by atoms with Crippen molar-refractivity contribution in [2.75, 3.05) is 27.7 Å². The summed E-state index contributed by atoms with van der Waals surface area (Å²) in [7, 11) is 4.79. The van der Waals surface area contributed by atoms with Crippen LogP contribution in [0.4, 0.5) is 0 Å². The lowest BCUT2D eigenvalue weighted by molar-refractivity contribution is -0.140. The molecule has 0 atom stereocenters. The van der Waals surface area contributed by atoms with E-state index >= 15 is 0 Å². The molecule has 94 valence electrons. The molecular formula is C8H18ClN5O2. The van der Waals surface area contributed by atoms with Crippen molar-refractivity contribution in [2.24, 2.45) is 21.5 Å². The second-order valence-corrected chi connectivity index (χ2v) is 2.93. The van der Waals surface area contributed by atoms with Gasteiger partial charge in [0.25, 0.3) is 0 Å². The summed E-state index contributed by atoms with van der Waals surface area (Å²) < 4.78 is 4.43. The van der Waals surface area contributed by atoms with Gasteiger partial charge in [-0.15, -0.1) is 12.4 Å². The Morgan fingerprint density at radius 1 is 1.38 bits per heavy atom. The second-order valence-electron chi connectivity index (χ2n) is 2.93. The van der Waals surface area contributed by atoms with Gasteiger partial charge in [0, 0.05) is 14.1 Å². The second kappa shape index (κ2) is 8.78. The monoisotopic (exact) mass is 251 g/mol. The minimum absolute atomic E-state index is 0. The normalized spacial score (nSPS) is 11.7. The van der Waals surface area contributed by atoms with Crippen LogP contribution in [0.1, 0.15) is 6.42 Å². The van der Waals surface area contributed by atoms with Crippen molar-refractivity contribution in [3.05, 3.63) is 0 Å². The lowest BCUT2D eigenvalue weighted by Gasteiger charge is -2.09. The molecule has 4 N–H and O–H groups in total. The SMILES string of the molecule is COC(=O)CCN=C(N)N=C(N)N(C)C.Cl. The van der Waals surface area contributed by atoms with Gasteiger partial charge in [0.2, 0.25) is 5.96 Å². The minimum atomic E-state index is -0.337. The van der Waals surface area contributed by atoms with E-state index in [0.29, 0.717) is 0 Å². The van der Waals surface area contributed by atoms with Crippen LogP contribution < -0.4 is 11.5 Å². The first-order valence-corrected chi connectivity index (χ1v) is 4.35. The van der Waals surface area contributed by atoms with Gasteiger partial charge >= 0.3 is 5.97 Å². The summed E-state index contributed by atoms with van der Waals surface area (Å²) in [6.07, 6.45) is 0.175. The number of ether oxygens (including phenoxy) is 1. The molecule has 0 rings (SSSR count). The van der Waals surface area contributed by atoms with Crippen molar-refractivity contribution in [3.63, 3.8) is 0 Å². The van der Waals surface area contributed by atoms with Gasteiger partial charge in [0.05, 0.1) is 20.1 Å². The highest BCUT2D eigenvalue weighted by Crippen LogP contribution is 1.86. The van der Waals surface area contributed by atoms with Crippen molar-refractivity contribution in [3.8, 4) is 0 Å². The Hall–Kier alpha value is -1.50. The summed E-state index contributed by atoms with van der Waals surface area (Å²) in [6.45, 7) is 0.239. The number of nitrogens with zero attached hydrogens (tertiary/aromatic N) is 3. The number of halogens is 1. The van der Waals surface area contributed by atoms with E-state index in [1.807, 2.05) is 0 Å². The van der Waals surface area contributed by atoms with Crippen LogP contribution in [-0.2, 0) is 9.53 Å². The van der Waals surface area contributed by atoms with Crippen LogP contribution in [0, 0.1) is 0 Å². The fraction of sp³-hybridized carbons (Fsp3) is 0.625. The van der Waals surface area contributed by atoms with E-state index in [1.54, 1.807) is 19.0 Å². The molecular weight excluding hydrogens is 234 g/mol. The smallest absolute Gasteiger partial charge is 0.307 e. The highest BCUT2D eigenvalue weighted by molar-refractivity contribution is 5.93. The molecule has 0 fully saturated rings. The van der Waals surface area contributed by atoms with Crippen LogP contribution in [0.5, 0.6) is 0 Å². The molecule has 0 aromatic carbocycles. The maximum atomic E-state index is 10.7. The first-order chi connectivity index (χ1) is 6.97. The highest BCUT2D eigenvalue weighted by atomic mass is 35.5. The van der Waals surface area contributed by atoms with Crippen molar-refractivity contribution < 1.29 is 9.53 Å². The molecule has 16 heavy (non-hydrogen) atoms. The summed E-state index contributed by atoms with van der Waals surface area (Å²) in [4.78, 5) is 20.0. The molecule has 0 amide bonds. The Labute approximate surface area is 101 Å². The zero-order chi connectivity index (χ0) is 11.8.